The molecule has 1 N–H and O–H groups in total. The van der Waals surface area contributed by atoms with Gasteiger partial charge in [-0.15, -0.1) is 11.3 Å². The van der Waals surface area contributed by atoms with Crippen LogP contribution in [-0.2, 0) is 0 Å². The smallest absolute Gasteiger partial charge is 0.125 e. The molecule has 1 fully saturated rings. The highest BCUT2D eigenvalue weighted by atomic mass is 32.1. The van der Waals surface area contributed by atoms with Crippen molar-refractivity contribution in [3.63, 3.8) is 0 Å². The van der Waals surface area contributed by atoms with Gasteiger partial charge in [-0.1, -0.05) is 0 Å². The number of rotatable bonds is 2. The van der Waals surface area contributed by atoms with Crippen LogP contribution in [0.25, 0.3) is 10.6 Å². The molecular weight excluding hydrogens is 230 g/mol. The first-order chi connectivity index (χ1) is 8.34. The van der Waals surface area contributed by atoms with Crippen LogP contribution in [0.1, 0.15) is 30.1 Å². The maximum Gasteiger partial charge on any atom is 0.125 e. The van der Waals surface area contributed by atoms with E-state index < -0.39 is 0 Å². The first-order valence-corrected chi connectivity index (χ1v) is 6.82. The largest absolute Gasteiger partial charge is 0.309 e. The summed E-state index contributed by atoms with van der Waals surface area (Å²) in [5.74, 6) is 0. The lowest BCUT2D eigenvalue weighted by Gasteiger charge is -2.05. The zero-order chi connectivity index (χ0) is 11.7. The molecule has 0 saturated carbocycles. The molecule has 4 heteroatoms. The fourth-order valence-corrected chi connectivity index (χ4v) is 3.14. The van der Waals surface area contributed by atoms with Crippen molar-refractivity contribution in [1.29, 1.82) is 0 Å². The Bertz CT molecular complexity index is 515. The minimum atomic E-state index is 0.456. The molecule has 1 aliphatic heterocycles. The first-order valence-electron chi connectivity index (χ1n) is 5.94. The molecule has 0 radical (unpaired) electrons. The Labute approximate surface area is 105 Å². The summed E-state index contributed by atoms with van der Waals surface area (Å²) in [7, 11) is 0. The molecule has 1 unspecified atom stereocenters. The van der Waals surface area contributed by atoms with Crippen LogP contribution in [0, 0.1) is 6.92 Å². The zero-order valence-electron chi connectivity index (χ0n) is 9.81. The molecule has 2 aromatic heterocycles. The third-order valence-electron chi connectivity index (χ3n) is 3.21. The van der Waals surface area contributed by atoms with Crippen molar-refractivity contribution in [3.8, 4) is 10.6 Å². The highest BCUT2D eigenvalue weighted by Gasteiger charge is 2.19. The Balaban J connectivity index is 1.92. The molecule has 3 rings (SSSR count). The molecule has 1 atom stereocenters. The molecule has 0 amide bonds. The summed E-state index contributed by atoms with van der Waals surface area (Å²) in [5.41, 5.74) is 3.58. The number of aryl methyl sites for hydroxylation is 1. The van der Waals surface area contributed by atoms with E-state index in [-0.39, 0.29) is 0 Å². The summed E-state index contributed by atoms with van der Waals surface area (Å²) in [5, 5.41) is 6.73. The standard InChI is InChI=1S/C13H15N3S/c1-9-4-6-14-7-10(9)13-16-12(8-17-13)11-3-2-5-15-11/h4,6-8,11,15H,2-3,5H2,1H3. The second-order valence-corrected chi connectivity index (χ2v) is 5.28. The van der Waals surface area contributed by atoms with E-state index in [1.807, 2.05) is 18.5 Å². The molecule has 3 nitrogen and oxygen atoms in total. The van der Waals surface area contributed by atoms with E-state index >= 15 is 0 Å². The summed E-state index contributed by atoms with van der Waals surface area (Å²) >= 11 is 1.71. The molecular formula is C13H15N3S. The summed E-state index contributed by atoms with van der Waals surface area (Å²) in [6.45, 7) is 3.22. The van der Waals surface area contributed by atoms with Crippen LogP contribution in [0.15, 0.2) is 23.8 Å². The summed E-state index contributed by atoms with van der Waals surface area (Å²) in [6.07, 6.45) is 6.19. The van der Waals surface area contributed by atoms with Crippen LogP contribution >= 0.6 is 11.3 Å². The fourth-order valence-electron chi connectivity index (χ4n) is 2.19. The first kappa shape index (κ1) is 10.9. The number of aromatic nitrogens is 2. The maximum atomic E-state index is 4.74. The van der Waals surface area contributed by atoms with Gasteiger partial charge in [-0.25, -0.2) is 4.98 Å². The lowest BCUT2D eigenvalue weighted by atomic mass is 10.1. The van der Waals surface area contributed by atoms with Crippen molar-refractivity contribution in [2.75, 3.05) is 6.54 Å². The second kappa shape index (κ2) is 4.55. The van der Waals surface area contributed by atoms with E-state index in [1.54, 1.807) is 11.3 Å². The van der Waals surface area contributed by atoms with E-state index in [1.165, 1.54) is 24.1 Å². The van der Waals surface area contributed by atoms with Crippen LogP contribution in [0.2, 0.25) is 0 Å². The highest BCUT2D eigenvalue weighted by molar-refractivity contribution is 7.13. The van der Waals surface area contributed by atoms with Crippen LogP contribution in [-0.4, -0.2) is 16.5 Å². The van der Waals surface area contributed by atoms with E-state index in [2.05, 4.69) is 22.6 Å². The Morgan fingerprint density at radius 3 is 3.18 bits per heavy atom. The second-order valence-electron chi connectivity index (χ2n) is 4.42. The van der Waals surface area contributed by atoms with Crippen molar-refractivity contribution in [1.82, 2.24) is 15.3 Å². The van der Waals surface area contributed by atoms with E-state index in [0.717, 1.165) is 17.1 Å². The normalized spacial score (nSPS) is 19.7. The lowest BCUT2D eigenvalue weighted by Crippen LogP contribution is -2.12. The highest BCUT2D eigenvalue weighted by Crippen LogP contribution is 2.30. The van der Waals surface area contributed by atoms with Crippen LogP contribution in [0.4, 0.5) is 0 Å². The van der Waals surface area contributed by atoms with Crippen molar-refractivity contribution >= 4 is 11.3 Å². The van der Waals surface area contributed by atoms with Gasteiger partial charge in [0.15, 0.2) is 0 Å². The van der Waals surface area contributed by atoms with E-state index in [9.17, 15) is 0 Å². The molecule has 17 heavy (non-hydrogen) atoms. The summed E-state index contributed by atoms with van der Waals surface area (Å²) in [4.78, 5) is 8.92. The SMILES string of the molecule is Cc1ccncc1-c1nc(C2CCCN2)cs1. The number of hydrogen-bond donors (Lipinski definition) is 1. The van der Waals surface area contributed by atoms with Gasteiger partial charge in [-0.2, -0.15) is 0 Å². The Kier molecular flexibility index (Phi) is 2.91. The fraction of sp³-hybridized carbons (Fsp3) is 0.385. The van der Waals surface area contributed by atoms with Crippen LogP contribution < -0.4 is 5.32 Å². The molecule has 0 aromatic carbocycles. The lowest BCUT2D eigenvalue weighted by molar-refractivity contribution is 0.632. The minimum absolute atomic E-state index is 0.456. The van der Waals surface area contributed by atoms with Gasteiger partial charge in [-0.05, 0) is 37.9 Å². The van der Waals surface area contributed by atoms with Gasteiger partial charge in [0.05, 0.1) is 11.7 Å². The molecule has 88 valence electrons. The number of thiazole rings is 1. The molecule has 2 aromatic rings. The molecule has 0 aliphatic carbocycles. The van der Waals surface area contributed by atoms with E-state index in [0.29, 0.717) is 6.04 Å². The maximum absolute atomic E-state index is 4.74. The monoisotopic (exact) mass is 245 g/mol. The van der Waals surface area contributed by atoms with Crippen LogP contribution in [0.3, 0.4) is 0 Å². The van der Waals surface area contributed by atoms with Gasteiger partial charge in [0.1, 0.15) is 5.01 Å². The van der Waals surface area contributed by atoms with Gasteiger partial charge < -0.3 is 5.32 Å². The number of nitrogens with one attached hydrogen (secondary N) is 1. The number of nitrogens with zero attached hydrogens (tertiary/aromatic N) is 2. The van der Waals surface area contributed by atoms with Crippen molar-refractivity contribution in [2.45, 2.75) is 25.8 Å². The Morgan fingerprint density at radius 2 is 2.41 bits per heavy atom. The Morgan fingerprint density at radius 1 is 1.47 bits per heavy atom. The van der Waals surface area contributed by atoms with Gasteiger partial charge in [-0.3, -0.25) is 4.98 Å². The topological polar surface area (TPSA) is 37.8 Å². The third kappa shape index (κ3) is 2.10. The molecule has 0 spiro atoms. The third-order valence-corrected chi connectivity index (χ3v) is 4.10. The Hall–Kier alpha value is -1.26. The number of pyridine rings is 1. The summed E-state index contributed by atoms with van der Waals surface area (Å²) < 4.78 is 0. The van der Waals surface area contributed by atoms with Gasteiger partial charge in [0.2, 0.25) is 0 Å². The van der Waals surface area contributed by atoms with E-state index in [4.69, 9.17) is 4.98 Å². The molecule has 1 aliphatic rings. The van der Waals surface area contributed by atoms with Gasteiger partial charge in [0, 0.05) is 23.3 Å². The minimum Gasteiger partial charge on any atom is -0.309 e. The average molecular weight is 245 g/mol. The zero-order valence-corrected chi connectivity index (χ0v) is 10.6. The van der Waals surface area contributed by atoms with Crippen molar-refractivity contribution < 1.29 is 0 Å². The van der Waals surface area contributed by atoms with Crippen LogP contribution in [0.5, 0.6) is 0 Å². The average Bonchev–Trinajstić information content (AvgIpc) is 3.00. The van der Waals surface area contributed by atoms with Crippen molar-refractivity contribution in [3.05, 3.63) is 35.1 Å². The molecule has 0 bridgehead atoms. The predicted octanol–water partition coefficient (Wildman–Crippen LogP) is 2.94. The summed E-state index contributed by atoms with van der Waals surface area (Å²) in [6, 6.07) is 2.49. The van der Waals surface area contributed by atoms with Gasteiger partial charge in [0.25, 0.3) is 0 Å². The quantitative estimate of drug-likeness (QED) is 0.884. The molecule has 1 saturated heterocycles. The predicted molar refractivity (Wildman–Crippen MR) is 70.1 cm³/mol. The molecule has 3 heterocycles. The number of hydrogen-bond acceptors (Lipinski definition) is 4. The van der Waals surface area contributed by atoms with Crippen molar-refractivity contribution in [2.24, 2.45) is 0 Å². The van der Waals surface area contributed by atoms with Gasteiger partial charge >= 0.3 is 0 Å².